The van der Waals surface area contributed by atoms with E-state index in [9.17, 15) is 48.3 Å². The van der Waals surface area contributed by atoms with Gasteiger partial charge in [0.1, 0.15) is 18.3 Å². The number of hydrogen-bond donors (Lipinski definition) is 4. The van der Waals surface area contributed by atoms with Crippen molar-refractivity contribution in [2.45, 2.75) is 24.5 Å². The molecule has 2 aromatic rings. The van der Waals surface area contributed by atoms with Crippen LogP contribution in [0, 0.1) is 0 Å². The van der Waals surface area contributed by atoms with E-state index in [1.54, 1.807) is 0 Å². The molecule has 0 aliphatic carbocycles. The van der Waals surface area contributed by atoms with Gasteiger partial charge in [0.05, 0.1) is 20.8 Å². The zero-order chi connectivity index (χ0) is 24.1. The summed E-state index contributed by atoms with van der Waals surface area (Å²) in [5.74, 6) is -0.299. The Labute approximate surface area is 295 Å². The summed E-state index contributed by atoms with van der Waals surface area (Å²) in [7, 11) is -18.2. The van der Waals surface area contributed by atoms with Gasteiger partial charge in [-0.1, -0.05) is 0 Å². The number of nitrogen functional groups attached to an aromatic ring is 1. The number of fused-ring (bicyclic) bond motifs is 1. The SMILES string of the molecule is Nc1nc2c(ncn2[C@@H]2O[C@H](COP(=O)([O-])OP(=O)([O-])OP(=O)([O-])[O-])[C@@H](O)[C@H]2O)c(=O)[nH]1.O.[Na+].[Na+].[Na+].[Na+]. The fourth-order valence-corrected chi connectivity index (χ4v) is 5.54. The van der Waals surface area contributed by atoms with E-state index in [0.29, 0.717) is 0 Å². The number of imidazole rings is 1. The van der Waals surface area contributed by atoms with Crippen LogP contribution in [0.4, 0.5) is 5.95 Å². The summed E-state index contributed by atoms with van der Waals surface area (Å²) in [6.07, 6.45) is -5.61. The molecule has 2 aromatic heterocycles. The minimum Gasteiger partial charge on any atom is -0.790 e. The molecule has 6 atom stereocenters. The van der Waals surface area contributed by atoms with Crippen LogP contribution in [0.3, 0.4) is 0 Å². The predicted molar refractivity (Wildman–Crippen MR) is 93.0 cm³/mol. The Balaban J connectivity index is -0.00000231. The average Bonchev–Trinajstić information content (AvgIpc) is 3.12. The number of hydrogen-bond acceptors (Lipinski definition) is 17. The number of anilines is 1. The molecule has 3 heterocycles. The van der Waals surface area contributed by atoms with Crippen LogP contribution in [-0.4, -0.2) is 60.1 Å². The molecule has 27 heteroatoms. The molecule has 1 aliphatic rings. The number of phosphoric ester groups is 1. The Morgan fingerprint density at radius 1 is 1.05 bits per heavy atom. The van der Waals surface area contributed by atoms with Crippen molar-refractivity contribution in [3.8, 4) is 0 Å². The van der Waals surface area contributed by atoms with Gasteiger partial charge in [-0.15, -0.1) is 0 Å². The number of aliphatic hydroxyl groups excluding tert-OH is 2. The molecule has 1 aliphatic heterocycles. The second-order valence-electron chi connectivity index (χ2n) is 6.12. The molecule has 0 amide bonds. The van der Waals surface area contributed by atoms with E-state index >= 15 is 0 Å². The average molecular weight is 629 g/mol. The van der Waals surface area contributed by atoms with Crippen molar-refractivity contribution >= 4 is 40.6 Å². The predicted octanol–water partition coefficient (Wildman–Crippen LogP) is -17.7. The number of nitrogens with two attached hydrogens (primary N) is 1. The molecule has 1 fully saturated rings. The molecule has 0 saturated carbocycles. The number of aromatic nitrogens is 4. The maximum Gasteiger partial charge on any atom is 1.00 e. The van der Waals surface area contributed by atoms with Crippen molar-refractivity contribution in [2.24, 2.45) is 0 Å². The molecule has 20 nitrogen and oxygen atoms in total. The third-order valence-electron chi connectivity index (χ3n) is 3.86. The van der Waals surface area contributed by atoms with Crippen molar-refractivity contribution in [3.05, 3.63) is 16.7 Å². The number of aromatic amines is 1. The number of ether oxygens (including phenoxy) is 1. The van der Waals surface area contributed by atoms with E-state index in [1.807, 2.05) is 0 Å². The molecule has 37 heavy (non-hydrogen) atoms. The number of nitrogens with one attached hydrogen (secondary N) is 1. The Bertz CT molecular complexity index is 1230. The Hall–Kier alpha value is 2.40. The van der Waals surface area contributed by atoms with E-state index in [2.05, 4.69) is 28.1 Å². The van der Waals surface area contributed by atoms with E-state index < -0.39 is 60.2 Å². The van der Waals surface area contributed by atoms with E-state index in [4.69, 9.17) is 10.5 Å². The van der Waals surface area contributed by atoms with E-state index in [1.165, 1.54) is 0 Å². The summed E-state index contributed by atoms with van der Waals surface area (Å²) in [6, 6.07) is 0. The summed E-state index contributed by atoms with van der Waals surface area (Å²) in [5.41, 5.74) is 4.40. The molecule has 0 bridgehead atoms. The smallest absolute Gasteiger partial charge is 0.790 e. The van der Waals surface area contributed by atoms with Gasteiger partial charge in [0.25, 0.3) is 21.2 Å². The first-order chi connectivity index (χ1) is 14.6. The minimum absolute atomic E-state index is 0. The third-order valence-corrected chi connectivity index (χ3v) is 7.52. The third kappa shape index (κ3) is 11.9. The van der Waals surface area contributed by atoms with E-state index in [0.717, 1.165) is 10.9 Å². The van der Waals surface area contributed by atoms with Crippen LogP contribution in [0.1, 0.15) is 6.23 Å². The van der Waals surface area contributed by atoms with Gasteiger partial charge in [0.2, 0.25) is 5.95 Å². The molecule has 1 saturated heterocycles. The van der Waals surface area contributed by atoms with Crippen LogP contribution >= 0.6 is 23.5 Å². The quantitative estimate of drug-likeness (QED) is 0.155. The van der Waals surface area contributed by atoms with Crippen LogP contribution in [0.2, 0.25) is 0 Å². The van der Waals surface area contributed by atoms with Gasteiger partial charge in [0.15, 0.2) is 17.4 Å². The second-order valence-corrected chi connectivity index (χ2v) is 10.4. The van der Waals surface area contributed by atoms with Crippen molar-refractivity contribution < 1.29 is 185 Å². The molecule has 0 radical (unpaired) electrons. The summed E-state index contributed by atoms with van der Waals surface area (Å²) < 4.78 is 50.0. The molecule has 188 valence electrons. The maximum absolute atomic E-state index is 11.8. The standard InChI is InChI=1S/C10H16N5O14P3.4Na.H2O/c11-10-13-7-4(8(18)14-10)12-2-15(7)9-6(17)5(16)3(27-9)1-26-31(22,23)29-32(24,25)28-30(19,20)21;;;;;/h2-3,5-6,9,16-17H,1H2,(H,22,23)(H,24,25)(H2,19,20,21)(H3,11,13,14,18);;;;;1H2/q;4*+1;/p-4/t3-,5-,6-,9-;;;;;/m1...../s1. The summed E-state index contributed by atoms with van der Waals surface area (Å²) in [6.45, 7) is -1.13. The van der Waals surface area contributed by atoms with Gasteiger partial charge in [-0.2, -0.15) is 4.98 Å². The van der Waals surface area contributed by atoms with Crippen molar-refractivity contribution in [3.63, 3.8) is 0 Å². The number of phosphoric acid groups is 3. The summed E-state index contributed by atoms with van der Waals surface area (Å²) in [5, 5.41) is 20.3. The molecule has 3 rings (SSSR count). The van der Waals surface area contributed by atoms with Crippen molar-refractivity contribution in [1.29, 1.82) is 0 Å². The molecule has 0 aromatic carbocycles. The number of nitrogens with zero attached hydrogens (tertiary/aromatic N) is 3. The Kier molecular flexibility index (Phi) is 20.0. The fourth-order valence-electron chi connectivity index (χ4n) is 2.67. The first kappa shape index (κ1) is 43.8. The van der Waals surface area contributed by atoms with Crippen molar-refractivity contribution in [1.82, 2.24) is 19.5 Å². The first-order valence-corrected chi connectivity index (χ1v) is 12.4. The number of rotatable bonds is 8. The topological polar surface area (TPSA) is 342 Å². The maximum atomic E-state index is 11.8. The Morgan fingerprint density at radius 2 is 1.62 bits per heavy atom. The zero-order valence-corrected chi connectivity index (χ0v) is 30.3. The fraction of sp³-hybridized carbons (Fsp3) is 0.500. The van der Waals surface area contributed by atoms with Crippen LogP contribution in [0.5, 0.6) is 0 Å². The van der Waals surface area contributed by atoms with E-state index in [-0.39, 0.29) is 141 Å². The van der Waals surface area contributed by atoms with Gasteiger partial charge >= 0.3 is 118 Å². The van der Waals surface area contributed by atoms with Crippen LogP contribution in [0.25, 0.3) is 11.2 Å². The summed E-state index contributed by atoms with van der Waals surface area (Å²) >= 11 is 0. The normalized spacial score (nSPS) is 24.2. The van der Waals surface area contributed by atoms with Gasteiger partial charge in [-0.3, -0.25) is 27.8 Å². The van der Waals surface area contributed by atoms with Gasteiger partial charge in [-0.25, -0.2) is 9.29 Å². The van der Waals surface area contributed by atoms with Crippen LogP contribution < -0.4 is 149 Å². The number of aliphatic hydroxyl groups is 2. The largest absolute Gasteiger partial charge is 1.00 e. The first-order valence-electron chi connectivity index (χ1n) is 8.04. The zero-order valence-electron chi connectivity index (χ0n) is 19.6. The molecule has 0 spiro atoms. The van der Waals surface area contributed by atoms with Gasteiger partial charge < -0.3 is 54.8 Å². The van der Waals surface area contributed by atoms with Gasteiger partial charge in [-0.05, 0) is 0 Å². The molecule has 2 unspecified atom stereocenters. The van der Waals surface area contributed by atoms with Crippen molar-refractivity contribution in [2.75, 3.05) is 12.3 Å². The van der Waals surface area contributed by atoms with Crippen LogP contribution in [-0.2, 0) is 31.6 Å². The van der Waals surface area contributed by atoms with Crippen LogP contribution in [0.15, 0.2) is 11.1 Å². The monoisotopic (exact) mass is 629 g/mol. The molecular weight excluding hydrogens is 615 g/mol. The van der Waals surface area contributed by atoms with Gasteiger partial charge in [0, 0.05) is 0 Å². The number of H-pyrrole nitrogens is 1. The summed E-state index contributed by atoms with van der Waals surface area (Å²) in [4.78, 5) is 65.0. The second kappa shape index (κ2) is 16.9. The molecular formula is C10H14N5Na4O15P3. The molecule has 7 N–H and O–H groups in total. The minimum atomic E-state index is -6.17. The Morgan fingerprint density at radius 3 is 2.16 bits per heavy atom.